The highest BCUT2D eigenvalue weighted by molar-refractivity contribution is 6.11. The Balaban J connectivity index is 1.45. The van der Waals surface area contributed by atoms with E-state index in [9.17, 15) is 14.0 Å². The lowest BCUT2D eigenvalue weighted by atomic mass is 10.1. The van der Waals surface area contributed by atoms with Crippen LogP contribution in [0.3, 0.4) is 0 Å². The SMILES string of the molecule is CCn1c2ccccc2c2cc(NC(=O)C/C(C)=N/NC(=O)c3cccc(F)c3)ccc21. The molecule has 7 heteroatoms. The van der Waals surface area contributed by atoms with Gasteiger partial charge >= 0.3 is 0 Å². The topological polar surface area (TPSA) is 75.5 Å². The molecule has 0 aliphatic rings. The van der Waals surface area contributed by atoms with E-state index in [0.29, 0.717) is 11.4 Å². The summed E-state index contributed by atoms with van der Waals surface area (Å²) in [7, 11) is 0. The molecule has 4 aromatic rings. The molecule has 162 valence electrons. The molecule has 3 aromatic carbocycles. The fourth-order valence-electron chi connectivity index (χ4n) is 3.79. The molecule has 2 N–H and O–H groups in total. The van der Waals surface area contributed by atoms with Crippen molar-refractivity contribution in [3.63, 3.8) is 0 Å². The van der Waals surface area contributed by atoms with Gasteiger partial charge in [0.25, 0.3) is 5.91 Å². The Morgan fingerprint density at radius 3 is 2.53 bits per heavy atom. The Kier molecular flexibility index (Phi) is 5.98. The first-order chi connectivity index (χ1) is 15.5. The quantitative estimate of drug-likeness (QED) is 0.330. The summed E-state index contributed by atoms with van der Waals surface area (Å²) in [4.78, 5) is 24.5. The molecule has 0 fully saturated rings. The van der Waals surface area contributed by atoms with E-state index in [-0.39, 0.29) is 17.9 Å². The number of nitrogens with one attached hydrogen (secondary N) is 2. The van der Waals surface area contributed by atoms with Crippen LogP contribution in [0.4, 0.5) is 10.1 Å². The minimum absolute atomic E-state index is 0.0121. The van der Waals surface area contributed by atoms with E-state index in [1.54, 1.807) is 6.92 Å². The van der Waals surface area contributed by atoms with Crippen LogP contribution in [0.25, 0.3) is 21.8 Å². The van der Waals surface area contributed by atoms with Crippen molar-refractivity contribution in [1.29, 1.82) is 0 Å². The molecule has 0 radical (unpaired) electrons. The highest BCUT2D eigenvalue weighted by Crippen LogP contribution is 2.31. The number of aromatic nitrogens is 1. The Hall–Kier alpha value is -4.00. The van der Waals surface area contributed by atoms with E-state index in [4.69, 9.17) is 0 Å². The van der Waals surface area contributed by atoms with Crippen molar-refractivity contribution < 1.29 is 14.0 Å². The third kappa shape index (κ3) is 4.37. The number of fused-ring (bicyclic) bond motifs is 3. The van der Waals surface area contributed by atoms with Gasteiger partial charge in [-0.25, -0.2) is 9.82 Å². The van der Waals surface area contributed by atoms with Crippen LogP contribution >= 0.6 is 0 Å². The fraction of sp³-hybridized carbons (Fsp3) is 0.160. The van der Waals surface area contributed by atoms with Gasteiger partial charge in [-0.2, -0.15) is 5.10 Å². The predicted molar refractivity (Wildman–Crippen MR) is 125 cm³/mol. The van der Waals surface area contributed by atoms with Gasteiger partial charge < -0.3 is 9.88 Å². The third-order valence-corrected chi connectivity index (χ3v) is 5.22. The molecule has 6 nitrogen and oxygen atoms in total. The van der Waals surface area contributed by atoms with Gasteiger partial charge in [0, 0.05) is 45.3 Å². The number of hydrogen-bond donors (Lipinski definition) is 2. The lowest BCUT2D eigenvalue weighted by molar-refractivity contribution is -0.115. The highest BCUT2D eigenvalue weighted by Gasteiger charge is 2.12. The Morgan fingerprint density at radius 2 is 1.75 bits per heavy atom. The normalized spacial score (nSPS) is 11.7. The van der Waals surface area contributed by atoms with Gasteiger partial charge in [-0.1, -0.05) is 24.3 Å². The Labute approximate surface area is 184 Å². The van der Waals surface area contributed by atoms with E-state index in [1.165, 1.54) is 18.2 Å². The molecule has 0 saturated heterocycles. The lowest BCUT2D eigenvalue weighted by Crippen LogP contribution is -2.21. The minimum atomic E-state index is -0.540. The van der Waals surface area contributed by atoms with Gasteiger partial charge in [0.1, 0.15) is 5.82 Å². The monoisotopic (exact) mass is 430 g/mol. The van der Waals surface area contributed by atoms with Crippen molar-refractivity contribution in [1.82, 2.24) is 9.99 Å². The second-order valence-corrected chi connectivity index (χ2v) is 7.52. The lowest BCUT2D eigenvalue weighted by Gasteiger charge is -2.07. The zero-order chi connectivity index (χ0) is 22.7. The smallest absolute Gasteiger partial charge is 0.271 e. The summed E-state index contributed by atoms with van der Waals surface area (Å²) in [5.41, 5.74) is 5.90. The van der Waals surface area contributed by atoms with Crippen LogP contribution in [-0.2, 0) is 11.3 Å². The van der Waals surface area contributed by atoms with Gasteiger partial charge in [-0.15, -0.1) is 0 Å². The summed E-state index contributed by atoms with van der Waals surface area (Å²) < 4.78 is 15.5. The molecule has 0 unspecified atom stereocenters. The number of rotatable bonds is 6. The van der Waals surface area contributed by atoms with Crippen molar-refractivity contribution in [2.24, 2.45) is 5.10 Å². The van der Waals surface area contributed by atoms with Crippen LogP contribution in [0.1, 0.15) is 30.6 Å². The maximum absolute atomic E-state index is 13.2. The van der Waals surface area contributed by atoms with E-state index in [1.807, 2.05) is 30.3 Å². The van der Waals surface area contributed by atoms with Gasteiger partial charge in [0.2, 0.25) is 5.91 Å². The molecule has 0 bridgehead atoms. The van der Waals surface area contributed by atoms with Crippen LogP contribution in [0.5, 0.6) is 0 Å². The van der Waals surface area contributed by atoms with Gasteiger partial charge in [-0.05, 0) is 56.3 Å². The highest BCUT2D eigenvalue weighted by atomic mass is 19.1. The standard InChI is InChI=1S/C25H23FN4O2/c1-3-30-22-10-5-4-9-20(22)21-15-19(11-12-23(21)30)27-24(31)13-16(2)28-29-25(32)17-7-6-8-18(26)14-17/h4-12,14-15H,3,13H2,1-2H3,(H,27,31)(H,29,32)/b28-16+. The number of hydrazone groups is 1. The molecule has 0 aliphatic heterocycles. The van der Waals surface area contributed by atoms with Crippen molar-refractivity contribution in [2.45, 2.75) is 26.8 Å². The first-order valence-electron chi connectivity index (χ1n) is 10.4. The van der Waals surface area contributed by atoms with E-state index in [2.05, 4.69) is 39.5 Å². The summed E-state index contributed by atoms with van der Waals surface area (Å²) in [5.74, 6) is -1.29. The van der Waals surface area contributed by atoms with Crippen LogP contribution in [0, 0.1) is 5.82 Å². The first-order valence-corrected chi connectivity index (χ1v) is 10.4. The molecular formula is C25H23FN4O2. The Bertz CT molecular complexity index is 1360. The second-order valence-electron chi connectivity index (χ2n) is 7.52. The summed E-state index contributed by atoms with van der Waals surface area (Å²) >= 11 is 0. The molecule has 0 atom stereocenters. The minimum Gasteiger partial charge on any atom is -0.341 e. The maximum Gasteiger partial charge on any atom is 0.271 e. The van der Waals surface area contributed by atoms with Gasteiger partial charge in [0.05, 0.1) is 6.42 Å². The summed E-state index contributed by atoms with van der Waals surface area (Å²) in [5, 5.41) is 9.05. The number of nitrogens with zero attached hydrogens (tertiary/aromatic N) is 2. The molecular weight excluding hydrogens is 407 g/mol. The summed E-state index contributed by atoms with van der Waals surface area (Å²) in [6.45, 7) is 4.60. The molecule has 0 saturated carbocycles. The van der Waals surface area contributed by atoms with Crippen LogP contribution in [-0.4, -0.2) is 22.1 Å². The van der Waals surface area contributed by atoms with E-state index >= 15 is 0 Å². The van der Waals surface area contributed by atoms with Crippen LogP contribution in [0.15, 0.2) is 71.8 Å². The van der Waals surface area contributed by atoms with Gasteiger partial charge in [-0.3, -0.25) is 9.59 Å². The summed E-state index contributed by atoms with van der Waals surface area (Å²) in [6, 6.07) is 19.4. The van der Waals surface area contributed by atoms with Crippen molar-refractivity contribution in [2.75, 3.05) is 5.32 Å². The number of hydrogen-bond acceptors (Lipinski definition) is 3. The number of amides is 2. The molecule has 1 aromatic heterocycles. The Morgan fingerprint density at radius 1 is 0.969 bits per heavy atom. The van der Waals surface area contributed by atoms with Gasteiger partial charge in [0.15, 0.2) is 0 Å². The number of para-hydroxylation sites is 1. The third-order valence-electron chi connectivity index (χ3n) is 5.22. The molecule has 2 amide bonds. The van der Waals surface area contributed by atoms with Crippen molar-refractivity contribution in [3.8, 4) is 0 Å². The summed E-state index contributed by atoms with van der Waals surface area (Å²) in [6.07, 6.45) is 0.0121. The zero-order valence-corrected chi connectivity index (χ0v) is 17.9. The number of anilines is 1. The van der Waals surface area contributed by atoms with Crippen molar-refractivity contribution in [3.05, 3.63) is 78.1 Å². The first kappa shape index (κ1) is 21.2. The number of benzene rings is 3. The van der Waals surface area contributed by atoms with Crippen LogP contribution < -0.4 is 10.7 Å². The molecule has 0 spiro atoms. The largest absolute Gasteiger partial charge is 0.341 e. The van der Waals surface area contributed by atoms with Crippen LogP contribution in [0.2, 0.25) is 0 Å². The molecule has 0 aliphatic carbocycles. The fourth-order valence-corrected chi connectivity index (χ4v) is 3.79. The number of carbonyl (C=O) groups is 2. The molecule has 1 heterocycles. The predicted octanol–water partition coefficient (Wildman–Crippen LogP) is 5.09. The van der Waals surface area contributed by atoms with E-state index in [0.717, 1.165) is 34.4 Å². The molecule has 32 heavy (non-hydrogen) atoms. The molecule has 4 rings (SSSR count). The second kappa shape index (κ2) is 9.01. The number of aryl methyl sites for hydroxylation is 1. The average molecular weight is 430 g/mol. The van der Waals surface area contributed by atoms with E-state index < -0.39 is 11.7 Å². The average Bonchev–Trinajstić information content (AvgIpc) is 3.10. The van der Waals surface area contributed by atoms with Crippen molar-refractivity contribution >= 4 is 45.0 Å². The zero-order valence-electron chi connectivity index (χ0n) is 17.9. The number of halogens is 1. The maximum atomic E-state index is 13.2. The number of carbonyl (C=O) groups excluding carboxylic acids is 2.